The SMILES string of the molecule is CN1CCCN(CC(=O)Nc2cc(F)ccc2N)CC1=O. The second kappa shape index (κ2) is 6.53. The number of carbonyl (C=O) groups excluding carboxylic acids is 2. The van der Waals surface area contributed by atoms with Crippen LogP contribution in [0.4, 0.5) is 15.8 Å². The van der Waals surface area contributed by atoms with Crippen molar-refractivity contribution in [2.75, 3.05) is 44.3 Å². The van der Waals surface area contributed by atoms with Gasteiger partial charge in [0.1, 0.15) is 5.82 Å². The van der Waals surface area contributed by atoms with E-state index in [0.29, 0.717) is 18.8 Å². The van der Waals surface area contributed by atoms with E-state index in [1.165, 1.54) is 18.2 Å². The molecule has 0 aromatic heterocycles. The van der Waals surface area contributed by atoms with E-state index in [1.807, 2.05) is 0 Å². The highest BCUT2D eigenvalue weighted by molar-refractivity contribution is 5.95. The molecule has 0 saturated carbocycles. The van der Waals surface area contributed by atoms with E-state index in [1.54, 1.807) is 16.8 Å². The molecule has 3 N–H and O–H groups in total. The number of hydrogen-bond acceptors (Lipinski definition) is 4. The van der Waals surface area contributed by atoms with Crippen LogP contribution < -0.4 is 11.1 Å². The van der Waals surface area contributed by atoms with Crippen molar-refractivity contribution >= 4 is 23.2 Å². The number of likely N-dealkylation sites (N-methyl/N-ethyl adjacent to an activating group) is 1. The monoisotopic (exact) mass is 294 g/mol. The first-order valence-electron chi connectivity index (χ1n) is 6.77. The van der Waals surface area contributed by atoms with Gasteiger partial charge in [0.2, 0.25) is 11.8 Å². The van der Waals surface area contributed by atoms with Gasteiger partial charge in [-0.3, -0.25) is 14.5 Å². The lowest BCUT2D eigenvalue weighted by molar-refractivity contribution is -0.130. The summed E-state index contributed by atoms with van der Waals surface area (Å²) in [5.74, 6) is -0.790. The molecule has 0 atom stereocenters. The van der Waals surface area contributed by atoms with Gasteiger partial charge in [-0.1, -0.05) is 0 Å². The van der Waals surface area contributed by atoms with Crippen LogP contribution in [0.5, 0.6) is 0 Å². The lowest BCUT2D eigenvalue weighted by Gasteiger charge is -2.19. The molecule has 0 unspecified atom stereocenters. The molecular weight excluding hydrogens is 275 g/mol. The zero-order valence-corrected chi connectivity index (χ0v) is 11.9. The Hall–Kier alpha value is -2.15. The van der Waals surface area contributed by atoms with Crippen molar-refractivity contribution in [1.82, 2.24) is 9.80 Å². The maximum Gasteiger partial charge on any atom is 0.238 e. The first-order valence-corrected chi connectivity index (χ1v) is 6.77. The molecule has 0 radical (unpaired) electrons. The number of hydrogen-bond donors (Lipinski definition) is 2. The van der Waals surface area contributed by atoms with Gasteiger partial charge in [-0.25, -0.2) is 4.39 Å². The van der Waals surface area contributed by atoms with Crippen molar-refractivity contribution in [3.63, 3.8) is 0 Å². The Morgan fingerprint density at radius 3 is 2.95 bits per heavy atom. The molecule has 1 heterocycles. The van der Waals surface area contributed by atoms with Gasteiger partial charge in [-0.2, -0.15) is 0 Å². The molecule has 1 saturated heterocycles. The Morgan fingerprint density at radius 2 is 2.19 bits per heavy atom. The number of benzene rings is 1. The Morgan fingerprint density at radius 1 is 1.43 bits per heavy atom. The fourth-order valence-corrected chi connectivity index (χ4v) is 2.21. The summed E-state index contributed by atoms with van der Waals surface area (Å²) < 4.78 is 13.1. The smallest absolute Gasteiger partial charge is 0.238 e. The summed E-state index contributed by atoms with van der Waals surface area (Å²) in [5, 5.41) is 2.57. The number of rotatable bonds is 3. The summed E-state index contributed by atoms with van der Waals surface area (Å²) >= 11 is 0. The molecule has 7 heteroatoms. The van der Waals surface area contributed by atoms with Crippen molar-refractivity contribution in [1.29, 1.82) is 0 Å². The van der Waals surface area contributed by atoms with Crippen LogP contribution in [-0.4, -0.2) is 54.8 Å². The van der Waals surface area contributed by atoms with Crippen LogP contribution in [0, 0.1) is 5.82 Å². The molecule has 1 fully saturated rings. The largest absolute Gasteiger partial charge is 0.397 e. The second-order valence-electron chi connectivity index (χ2n) is 5.16. The van der Waals surface area contributed by atoms with E-state index in [-0.39, 0.29) is 30.6 Å². The molecule has 1 aliphatic rings. The van der Waals surface area contributed by atoms with E-state index in [4.69, 9.17) is 5.73 Å². The highest BCUT2D eigenvalue weighted by atomic mass is 19.1. The minimum Gasteiger partial charge on any atom is -0.397 e. The number of carbonyl (C=O) groups is 2. The highest BCUT2D eigenvalue weighted by Gasteiger charge is 2.20. The summed E-state index contributed by atoms with van der Waals surface area (Å²) in [5.41, 5.74) is 6.23. The van der Waals surface area contributed by atoms with E-state index in [9.17, 15) is 14.0 Å². The van der Waals surface area contributed by atoms with Crippen LogP contribution in [-0.2, 0) is 9.59 Å². The maximum atomic E-state index is 13.1. The Kier molecular flexibility index (Phi) is 4.74. The van der Waals surface area contributed by atoms with Crippen molar-refractivity contribution in [2.45, 2.75) is 6.42 Å². The Bertz CT molecular complexity index is 550. The normalized spacial score (nSPS) is 16.7. The fraction of sp³-hybridized carbons (Fsp3) is 0.429. The minimum absolute atomic E-state index is 0.00873. The van der Waals surface area contributed by atoms with Crippen LogP contribution in [0.15, 0.2) is 18.2 Å². The number of anilines is 2. The topological polar surface area (TPSA) is 78.7 Å². The molecule has 0 bridgehead atoms. The van der Waals surface area contributed by atoms with Crippen LogP contribution in [0.25, 0.3) is 0 Å². The molecular formula is C14H19FN4O2. The zero-order valence-electron chi connectivity index (χ0n) is 11.9. The molecule has 6 nitrogen and oxygen atoms in total. The second-order valence-corrected chi connectivity index (χ2v) is 5.16. The predicted octanol–water partition coefficient (Wildman–Crippen LogP) is 0.511. The minimum atomic E-state index is -0.467. The summed E-state index contributed by atoms with van der Waals surface area (Å²) in [6.07, 6.45) is 0.817. The van der Waals surface area contributed by atoms with Gasteiger partial charge >= 0.3 is 0 Å². The highest BCUT2D eigenvalue weighted by Crippen LogP contribution is 2.19. The van der Waals surface area contributed by atoms with E-state index in [0.717, 1.165) is 6.42 Å². The number of nitrogens with two attached hydrogens (primary N) is 1. The number of nitrogens with one attached hydrogen (secondary N) is 1. The molecule has 2 amide bonds. The third-order valence-electron chi connectivity index (χ3n) is 3.41. The number of amides is 2. The van der Waals surface area contributed by atoms with Gasteiger partial charge in [0.05, 0.1) is 24.5 Å². The van der Waals surface area contributed by atoms with Crippen molar-refractivity contribution in [3.05, 3.63) is 24.0 Å². The van der Waals surface area contributed by atoms with Gasteiger partial charge < -0.3 is 16.0 Å². The summed E-state index contributed by atoms with van der Waals surface area (Å²) in [6, 6.07) is 3.80. The molecule has 0 aliphatic carbocycles. The van der Waals surface area contributed by atoms with Crippen LogP contribution >= 0.6 is 0 Å². The van der Waals surface area contributed by atoms with E-state index >= 15 is 0 Å². The third-order valence-corrected chi connectivity index (χ3v) is 3.41. The molecule has 2 rings (SSSR count). The van der Waals surface area contributed by atoms with Crippen molar-refractivity contribution in [3.8, 4) is 0 Å². The standard InChI is InChI=1S/C14H19FN4O2/c1-18-5-2-6-19(9-14(18)21)8-13(20)17-12-7-10(15)3-4-11(12)16/h3-4,7H,2,5-6,8-9,16H2,1H3,(H,17,20). The van der Waals surface area contributed by atoms with Crippen LogP contribution in [0.3, 0.4) is 0 Å². The Balaban J connectivity index is 1.95. The predicted molar refractivity (Wildman–Crippen MR) is 78.1 cm³/mol. The molecule has 1 aliphatic heterocycles. The average molecular weight is 294 g/mol. The lowest BCUT2D eigenvalue weighted by Crippen LogP contribution is -2.38. The van der Waals surface area contributed by atoms with E-state index < -0.39 is 5.82 Å². The third kappa shape index (κ3) is 4.16. The number of nitrogen functional groups attached to an aromatic ring is 1. The van der Waals surface area contributed by atoms with Gasteiger partial charge in [0, 0.05) is 20.1 Å². The summed E-state index contributed by atoms with van der Waals surface area (Å²) in [6.45, 7) is 1.65. The number of nitrogens with zero attached hydrogens (tertiary/aromatic N) is 2. The zero-order chi connectivity index (χ0) is 15.4. The van der Waals surface area contributed by atoms with Gasteiger partial charge in [-0.15, -0.1) is 0 Å². The van der Waals surface area contributed by atoms with Crippen molar-refractivity contribution < 1.29 is 14.0 Å². The van der Waals surface area contributed by atoms with E-state index in [2.05, 4.69) is 5.32 Å². The molecule has 1 aromatic carbocycles. The lowest BCUT2D eigenvalue weighted by atomic mass is 10.2. The van der Waals surface area contributed by atoms with Gasteiger partial charge in [0.25, 0.3) is 0 Å². The molecule has 1 aromatic rings. The number of halogens is 1. The summed E-state index contributed by atoms with van der Waals surface area (Å²) in [7, 11) is 1.75. The van der Waals surface area contributed by atoms with Crippen LogP contribution in [0.2, 0.25) is 0 Å². The van der Waals surface area contributed by atoms with Crippen LogP contribution in [0.1, 0.15) is 6.42 Å². The molecule has 114 valence electrons. The Labute approximate surface area is 122 Å². The van der Waals surface area contributed by atoms with Gasteiger partial charge in [0.15, 0.2) is 0 Å². The quantitative estimate of drug-likeness (QED) is 0.796. The fourth-order valence-electron chi connectivity index (χ4n) is 2.21. The average Bonchev–Trinajstić information content (AvgIpc) is 2.56. The first-order chi connectivity index (χ1) is 9.95. The molecule has 0 spiro atoms. The molecule has 21 heavy (non-hydrogen) atoms. The first kappa shape index (κ1) is 15.2. The summed E-state index contributed by atoms with van der Waals surface area (Å²) in [4.78, 5) is 27.2. The maximum absolute atomic E-state index is 13.1. The van der Waals surface area contributed by atoms with Crippen molar-refractivity contribution in [2.24, 2.45) is 0 Å². The van der Waals surface area contributed by atoms with Gasteiger partial charge in [-0.05, 0) is 24.6 Å².